The van der Waals surface area contributed by atoms with E-state index in [0.29, 0.717) is 0 Å². The first-order valence-electron chi connectivity index (χ1n) is 0. The quantitative estimate of drug-likeness (QED) is 0.490. The second-order valence-corrected chi connectivity index (χ2v) is 0. The number of hydrogen-bond acceptors (Lipinski definition) is 0. The molecule has 4 heteroatoms. The van der Waals surface area contributed by atoms with Gasteiger partial charge in [-0.25, -0.2) is 0 Å². The van der Waals surface area contributed by atoms with Crippen molar-refractivity contribution in [3.8, 4) is 0 Å². The van der Waals surface area contributed by atoms with Gasteiger partial charge in [0.2, 0.25) is 0 Å². The molecule has 30 valence electrons. The van der Waals surface area contributed by atoms with E-state index < -0.39 is 0 Å². The minimum absolute atomic E-state index is 0. The summed E-state index contributed by atoms with van der Waals surface area (Å²) in [4.78, 5) is 0. The van der Waals surface area contributed by atoms with Crippen LogP contribution in [0.5, 0.6) is 0 Å². The van der Waals surface area contributed by atoms with Gasteiger partial charge in [0, 0.05) is 0 Å². The Morgan fingerprint density at radius 3 is 0.750 bits per heavy atom. The van der Waals surface area contributed by atoms with Crippen LogP contribution in [0.4, 0.5) is 0 Å². The van der Waals surface area contributed by atoms with Crippen molar-refractivity contribution in [2.75, 3.05) is 0 Å². The minimum atomic E-state index is 0. The van der Waals surface area contributed by atoms with Gasteiger partial charge >= 0.3 is 48.3 Å². The van der Waals surface area contributed by atoms with Gasteiger partial charge in [0.05, 0.1) is 0 Å². The summed E-state index contributed by atoms with van der Waals surface area (Å²) in [5.74, 6) is 0. The summed E-state index contributed by atoms with van der Waals surface area (Å²) in [6.45, 7) is 0. The molecule has 0 nitrogen and oxygen atoms in total. The number of halogens is 2. The molecule has 0 aromatic carbocycles. The molecule has 2 radical (unpaired) electrons. The standard InChI is InChI=1S/2ClH.Sb.Sn.5H/h2*1H;;;;;;;. The summed E-state index contributed by atoms with van der Waals surface area (Å²) in [5, 5.41) is 0. The Bertz CT molecular complexity index is 6.00. The fourth-order valence-electron chi connectivity index (χ4n) is 0. The van der Waals surface area contributed by atoms with E-state index in [0.717, 1.165) is 0 Å². The van der Waals surface area contributed by atoms with E-state index in [4.69, 9.17) is 0 Å². The van der Waals surface area contributed by atoms with Crippen LogP contribution in [-0.4, -0.2) is 48.3 Å². The van der Waals surface area contributed by atoms with Crippen LogP contribution in [-0.2, 0) is 0 Å². The van der Waals surface area contributed by atoms with Crippen LogP contribution in [0.3, 0.4) is 0 Å². The van der Waals surface area contributed by atoms with Crippen molar-refractivity contribution in [3.63, 3.8) is 0 Å². The van der Waals surface area contributed by atoms with Gasteiger partial charge in [-0.2, -0.15) is 0 Å². The van der Waals surface area contributed by atoms with Crippen LogP contribution in [0.25, 0.3) is 0 Å². The average Bonchev–Trinajstić information content (AvgIpc) is 0. The molecule has 0 amide bonds. The predicted molar refractivity (Wildman–Crippen MR) is 33.0 cm³/mol. The molecule has 0 atom stereocenters. The summed E-state index contributed by atoms with van der Waals surface area (Å²) in [6.07, 6.45) is 0. The summed E-state index contributed by atoms with van der Waals surface area (Å²) < 4.78 is 0. The summed E-state index contributed by atoms with van der Waals surface area (Å²) in [5.41, 5.74) is 0. The van der Waals surface area contributed by atoms with E-state index in [1.54, 1.807) is 0 Å². The van der Waals surface area contributed by atoms with E-state index in [1.165, 1.54) is 0 Å². The molecule has 0 aromatic rings. The second-order valence-electron chi connectivity index (χ2n) is 0. The Morgan fingerprint density at radius 1 is 0.750 bits per heavy atom. The van der Waals surface area contributed by atoms with Crippen molar-refractivity contribution in [3.05, 3.63) is 0 Å². The molecule has 4 heavy (non-hydrogen) atoms. The molecule has 0 saturated carbocycles. The maximum absolute atomic E-state index is 0. The summed E-state index contributed by atoms with van der Waals surface area (Å²) in [6, 6.07) is 0. The Morgan fingerprint density at radius 2 is 0.750 bits per heavy atom. The van der Waals surface area contributed by atoms with E-state index in [1.807, 2.05) is 0 Å². The Hall–Kier alpha value is 2.20. The van der Waals surface area contributed by atoms with Crippen molar-refractivity contribution in [2.24, 2.45) is 0 Å². The number of rotatable bonds is 0. The van der Waals surface area contributed by atoms with E-state index in [-0.39, 0.29) is 73.1 Å². The molecular weight excluding hydrogens is 311 g/mol. The van der Waals surface area contributed by atoms with Gasteiger partial charge in [-0.05, 0) is 0 Å². The number of hydrogen-bond donors (Lipinski definition) is 0. The van der Waals surface area contributed by atoms with Gasteiger partial charge in [0.1, 0.15) is 0 Å². The first-order valence-corrected chi connectivity index (χ1v) is 0. The third-order valence-electron chi connectivity index (χ3n) is 0. The van der Waals surface area contributed by atoms with E-state index >= 15 is 0 Å². The van der Waals surface area contributed by atoms with Gasteiger partial charge in [0.15, 0.2) is 0 Å². The monoisotopic (exact) mass is 318 g/mol. The van der Waals surface area contributed by atoms with Gasteiger partial charge in [-0.1, -0.05) is 0 Å². The van der Waals surface area contributed by atoms with Crippen LogP contribution in [0.15, 0.2) is 0 Å². The van der Waals surface area contributed by atoms with Crippen molar-refractivity contribution in [2.45, 2.75) is 0 Å². The second kappa shape index (κ2) is 19.0. The fourth-order valence-corrected chi connectivity index (χ4v) is 0. The van der Waals surface area contributed by atoms with Crippen LogP contribution in [0.1, 0.15) is 0 Å². The van der Waals surface area contributed by atoms with Gasteiger partial charge in [0.25, 0.3) is 0 Å². The zero-order valence-corrected chi connectivity index (χ0v) is 11.9. The van der Waals surface area contributed by atoms with Gasteiger partial charge in [-0.15, -0.1) is 24.8 Å². The van der Waals surface area contributed by atoms with Gasteiger partial charge < -0.3 is 0 Å². The van der Waals surface area contributed by atoms with Crippen molar-refractivity contribution >= 4 is 73.1 Å². The molecular formula is H7Cl2SbSn. The van der Waals surface area contributed by atoms with Crippen LogP contribution in [0, 0.1) is 0 Å². The molecule has 0 aliphatic carbocycles. The molecule has 0 bridgehead atoms. The van der Waals surface area contributed by atoms with Crippen molar-refractivity contribution < 1.29 is 0 Å². The fraction of sp³-hybridized carbons (Fsp3) is 0. The molecule has 0 saturated heterocycles. The molecule has 0 aliphatic heterocycles. The zero-order chi connectivity index (χ0) is 0. The molecule has 0 fully saturated rings. The first kappa shape index (κ1) is 34.7. The first-order chi connectivity index (χ1) is 0. The van der Waals surface area contributed by atoms with Crippen LogP contribution in [0.2, 0.25) is 0 Å². The Balaban J connectivity index is 0. The van der Waals surface area contributed by atoms with E-state index in [2.05, 4.69) is 0 Å². The normalized spacial score (nSPS) is 0. The molecule has 0 heterocycles. The molecule has 0 aliphatic rings. The molecule has 0 spiro atoms. The molecule has 0 aromatic heterocycles. The summed E-state index contributed by atoms with van der Waals surface area (Å²) in [7, 11) is 0. The Kier molecular flexibility index (Phi) is 164. The topological polar surface area (TPSA) is 0 Å². The maximum atomic E-state index is 0. The summed E-state index contributed by atoms with van der Waals surface area (Å²) >= 11 is 0. The third-order valence-corrected chi connectivity index (χ3v) is 0. The third kappa shape index (κ3) is 8.89. The zero-order valence-electron chi connectivity index (χ0n) is 2.23. The predicted octanol–water partition coefficient (Wildman–Crippen LogP) is -1.26. The van der Waals surface area contributed by atoms with E-state index in [9.17, 15) is 0 Å². The van der Waals surface area contributed by atoms with Gasteiger partial charge in [-0.3, -0.25) is 0 Å². The van der Waals surface area contributed by atoms with Crippen molar-refractivity contribution in [1.29, 1.82) is 0 Å². The van der Waals surface area contributed by atoms with Crippen LogP contribution >= 0.6 is 24.8 Å². The molecule has 0 rings (SSSR count). The SMILES string of the molecule is Cl.Cl.[SbH3].[SnH2]. The average molecular weight is 318 g/mol. The van der Waals surface area contributed by atoms with Crippen LogP contribution < -0.4 is 0 Å². The Labute approximate surface area is 72.3 Å². The van der Waals surface area contributed by atoms with Crippen molar-refractivity contribution in [1.82, 2.24) is 0 Å². The molecule has 0 unspecified atom stereocenters. The molecule has 0 N–H and O–H groups in total.